The van der Waals surface area contributed by atoms with E-state index in [1.165, 1.54) is 0 Å². The first-order valence-electron chi connectivity index (χ1n) is 8.17. The summed E-state index contributed by atoms with van der Waals surface area (Å²) < 4.78 is 0. The summed E-state index contributed by atoms with van der Waals surface area (Å²) >= 11 is 7.72. The largest absolute Gasteiger partial charge is 0.350 e. The number of thioether (sulfide) groups is 1. The van der Waals surface area contributed by atoms with Gasteiger partial charge in [0.15, 0.2) is 0 Å². The van der Waals surface area contributed by atoms with Gasteiger partial charge in [0.1, 0.15) is 6.04 Å². The van der Waals surface area contributed by atoms with Crippen LogP contribution in [0.15, 0.2) is 24.3 Å². The highest BCUT2D eigenvalue weighted by atomic mass is 35.5. The second kappa shape index (κ2) is 9.91. The van der Waals surface area contributed by atoms with Crippen molar-refractivity contribution in [3.63, 3.8) is 0 Å². The van der Waals surface area contributed by atoms with Crippen molar-refractivity contribution in [3.05, 3.63) is 34.9 Å². The third-order valence-corrected chi connectivity index (χ3v) is 4.97. The first kappa shape index (κ1) is 19.1. The Morgan fingerprint density at radius 2 is 2.21 bits per heavy atom. The topological polar surface area (TPSA) is 70.2 Å². The molecule has 1 aromatic carbocycles. The van der Waals surface area contributed by atoms with Crippen LogP contribution in [0.1, 0.15) is 29.6 Å². The SMILES string of the molecule is CSCCC(NC(=O)c1ccccc1Cl)C(=O)NC1CCCNC1. The molecule has 0 saturated carbocycles. The minimum absolute atomic E-state index is 0.125. The van der Waals surface area contributed by atoms with E-state index in [9.17, 15) is 9.59 Å². The highest BCUT2D eigenvalue weighted by Gasteiger charge is 2.24. The number of carbonyl (C=O) groups is 2. The Kier molecular flexibility index (Phi) is 7.88. The van der Waals surface area contributed by atoms with Gasteiger partial charge in [0.2, 0.25) is 5.91 Å². The van der Waals surface area contributed by atoms with Crippen LogP contribution in [0.5, 0.6) is 0 Å². The molecular weight excluding hydrogens is 346 g/mol. The molecule has 1 fully saturated rings. The zero-order valence-electron chi connectivity index (χ0n) is 13.8. The lowest BCUT2D eigenvalue weighted by molar-refractivity contribution is -0.123. The maximum atomic E-state index is 12.6. The molecule has 0 aliphatic carbocycles. The second-order valence-electron chi connectivity index (χ2n) is 5.84. The van der Waals surface area contributed by atoms with Crippen LogP contribution in [0.3, 0.4) is 0 Å². The van der Waals surface area contributed by atoms with Crippen LogP contribution in [0.2, 0.25) is 5.02 Å². The van der Waals surface area contributed by atoms with Gasteiger partial charge in [0, 0.05) is 12.6 Å². The van der Waals surface area contributed by atoms with Crippen LogP contribution in [0, 0.1) is 0 Å². The summed E-state index contributed by atoms with van der Waals surface area (Å²) in [5.74, 6) is 0.353. The summed E-state index contributed by atoms with van der Waals surface area (Å²) in [6.45, 7) is 1.77. The van der Waals surface area contributed by atoms with Crippen molar-refractivity contribution in [3.8, 4) is 0 Å². The standard InChI is InChI=1S/C17H24ClN3O2S/c1-24-10-8-15(17(23)20-12-5-4-9-19-11-12)21-16(22)13-6-2-3-7-14(13)18/h2-3,6-7,12,15,19H,4-5,8-11H2,1H3,(H,20,23)(H,21,22). The van der Waals surface area contributed by atoms with Crippen LogP contribution in [0.25, 0.3) is 0 Å². The van der Waals surface area contributed by atoms with Gasteiger partial charge in [-0.1, -0.05) is 23.7 Å². The molecule has 132 valence electrons. The van der Waals surface area contributed by atoms with Crippen molar-refractivity contribution in [2.45, 2.75) is 31.3 Å². The fourth-order valence-corrected chi connectivity index (χ4v) is 3.36. The number of benzene rings is 1. The minimum atomic E-state index is -0.553. The molecule has 3 N–H and O–H groups in total. The Labute approximate surface area is 152 Å². The van der Waals surface area contributed by atoms with Crippen molar-refractivity contribution in [2.24, 2.45) is 0 Å². The fraction of sp³-hybridized carbons (Fsp3) is 0.529. The van der Waals surface area contributed by atoms with Crippen LogP contribution in [-0.2, 0) is 4.79 Å². The van der Waals surface area contributed by atoms with E-state index in [0.29, 0.717) is 17.0 Å². The Hall–Kier alpha value is -1.24. The Morgan fingerprint density at radius 3 is 2.88 bits per heavy atom. The van der Waals surface area contributed by atoms with E-state index < -0.39 is 6.04 Å². The molecule has 1 aromatic rings. The predicted molar refractivity (Wildman–Crippen MR) is 99.7 cm³/mol. The van der Waals surface area contributed by atoms with E-state index in [-0.39, 0.29) is 17.9 Å². The van der Waals surface area contributed by atoms with Crippen LogP contribution < -0.4 is 16.0 Å². The van der Waals surface area contributed by atoms with Gasteiger partial charge in [0.25, 0.3) is 5.91 Å². The normalized spacial score (nSPS) is 18.7. The summed E-state index contributed by atoms with van der Waals surface area (Å²) in [4.78, 5) is 25.0. The third-order valence-electron chi connectivity index (χ3n) is 3.99. The number of carbonyl (C=O) groups excluding carboxylic acids is 2. The van der Waals surface area contributed by atoms with Crippen molar-refractivity contribution in [1.29, 1.82) is 0 Å². The molecule has 7 heteroatoms. The minimum Gasteiger partial charge on any atom is -0.350 e. The highest BCUT2D eigenvalue weighted by Crippen LogP contribution is 2.15. The van der Waals surface area contributed by atoms with E-state index in [2.05, 4.69) is 16.0 Å². The fourth-order valence-electron chi connectivity index (χ4n) is 2.66. The average molecular weight is 370 g/mol. The number of hydrogen-bond donors (Lipinski definition) is 3. The van der Waals surface area contributed by atoms with E-state index in [4.69, 9.17) is 11.6 Å². The molecule has 5 nitrogen and oxygen atoms in total. The van der Waals surface area contributed by atoms with Gasteiger partial charge in [-0.05, 0) is 49.9 Å². The number of halogens is 1. The molecule has 2 unspecified atom stereocenters. The van der Waals surface area contributed by atoms with Gasteiger partial charge >= 0.3 is 0 Å². The number of hydrogen-bond acceptors (Lipinski definition) is 4. The highest BCUT2D eigenvalue weighted by molar-refractivity contribution is 7.98. The quantitative estimate of drug-likeness (QED) is 0.688. The number of nitrogens with one attached hydrogen (secondary N) is 3. The van der Waals surface area contributed by atoms with Crippen molar-refractivity contribution in [2.75, 3.05) is 25.1 Å². The molecule has 0 bridgehead atoms. The summed E-state index contributed by atoms with van der Waals surface area (Å²) in [6.07, 6.45) is 4.58. The molecule has 24 heavy (non-hydrogen) atoms. The predicted octanol–water partition coefficient (Wildman–Crippen LogP) is 2.06. The zero-order valence-corrected chi connectivity index (χ0v) is 15.4. The molecule has 0 spiro atoms. The smallest absolute Gasteiger partial charge is 0.253 e. The van der Waals surface area contributed by atoms with Crippen molar-refractivity contribution in [1.82, 2.24) is 16.0 Å². The zero-order chi connectivity index (χ0) is 17.4. The molecule has 2 atom stereocenters. The summed E-state index contributed by atoms with van der Waals surface area (Å²) in [7, 11) is 0. The Balaban J connectivity index is 1.99. The third kappa shape index (κ3) is 5.69. The average Bonchev–Trinajstić information content (AvgIpc) is 2.59. The lowest BCUT2D eigenvalue weighted by atomic mass is 10.1. The van der Waals surface area contributed by atoms with Crippen LogP contribution in [0.4, 0.5) is 0 Å². The molecule has 1 heterocycles. The maximum absolute atomic E-state index is 12.6. The van der Waals surface area contributed by atoms with Crippen molar-refractivity contribution >= 4 is 35.2 Å². The summed E-state index contributed by atoms with van der Waals surface area (Å²) in [6, 6.07) is 6.43. The number of rotatable bonds is 7. The lowest BCUT2D eigenvalue weighted by Crippen LogP contribution is -2.53. The molecule has 2 rings (SSSR count). The summed E-state index contributed by atoms with van der Waals surface area (Å²) in [5.41, 5.74) is 0.389. The molecular formula is C17H24ClN3O2S. The van der Waals surface area contributed by atoms with Gasteiger partial charge in [0.05, 0.1) is 10.6 Å². The van der Waals surface area contributed by atoms with Gasteiger partial charge in [-0.2, -0.15) is 11.8 Å². The monoisotopic (exact) mass is 369 g/mol. The van der Waals surface area contributed by atoms with E-state index >= 15 is 0 Å². The van der Waals surface area contributed by atoms with Gasteiger partial charge in [-0.15, -0.1) is 0 Å². The first-order chi connectivity index (χ1) is 11.6. The van der Waals surface area contributed by atoms with E-state index in [0.717, 1.165) is 31.7 Å². The molecule has 1 aliphatic heterocycles. The molecule has 1 saturated heterocycles. The molecule has 0 aromatic heterocycles. The van der Waals surface area contributed by atoms with Gasteiger partial charge in [-0.3, -0.25) is 9.59 Å². The number of piperidine rings is 1. The lowest BCUT2D eigenvalue weighted by Gasteiger charge is -2.26. The second-order valence-corrected chi connectivity index (χ2v) is 7.23. The first-order valence-corrected chi connectivity index (χ1v) is 9.94. The Morgan fingerprint density at radius 1 is 1.42 bits per heavy atom. The van der Waals surface area contributed by atoms with Crippen molar-refractivity contribution < 1.29 is 9.59 Å². The van der Waals surface area contributed by atoms with E-state index in [1.54, 1.807) is 36.0 Å². The Bertz CT molecular complexity index is 565. The molecule has 0 radical (unpaired) electrons. The summed E-state index contributed by atoms with van der Waals surface area (Å²) in [5, 5.41) is 9.53. The van der Waals surface area contributed by atoms with Crippen LogP contribution >= 0.6 is 23.4 Å². The maximum Gasteiger partial charge on any atom is 0.253 e. The number of amides is 2. The van der Waals surface area contributed by atoms with Gasteiger partial charge in [-0.25, -0.2) is 0 Å². The van der Waals surface area contributed by atoms with Crippen LogP contribution in [-0.4, -0.2) is 49.0 Å². The molecule has 2 amide bonds. The van der Waals surface area contributed by atoms with E-state index in [1.807, 2.05) is 6.26 Å². The molecule has 1 aliphatic rings. The van der Waals surface area contributed by atoms with Gasteiger partial charge < -0.3 is 16.0 Å².